The monoisotopic (exact) mass is 408 g/mol. The SMILES string of the molecule is CCCCCCCCCCCCCCCCCC.c1ccc(-c2ccccc2)cc1. The minimum atomic E-state index is 1.28. The molecule has 0 bridgehead atoms. The van der Waals surface area contributed by atoms with Crippen LogP contribution in [0.4, 0.5) is 0 Å². The highest BCUT2D eigenvalue weighted by Crippen LogP contribution is 2.17. The third-order valence-corrected chi connectivity index (χ3v) is 5.84. The van der Waals surface area contributed by atoms with Crippen molar-refractivity contribution in [3.8, 4) is 11.1 Å². The van der Waals surface area contributed by atoms with Crippen molar-refractivity contribution in [2.45, 2.75) is 117 Å². The van der Waals surface area contributed by atoms with Crippen LogP contribution < -0.4 is 0 Å². The molecular formula is C30H48. The Morgan fingerprint density at radius 3 is 0.800 bits per heavy atom. The maximum absolute atomic E-state index is 2.29. The average Bonchev–Trinajstić information content (AvgIpc) is 2.81. The van der Waals surface area contributed by atoms with Gasteiger partial charge in [-0.15, -0.1) is 0 Å². The van der Waals surface area contributed by atoms with Crippen molar-refractivity contribution in [1.82, 2.24) is 0 Å². The molecule has 2 aromatic rings. The molecule has 0 N–H and O–H groups in total. The molecule has 30 heavy (non-hydrogen) atoms. The van der Waals surface area contributed by atoms with Gasteiger partial charge in [0.25, 0.3) is 0 Å². The van der Waals surface area contributed by atoms with Gasteiger partial charge in [0.2, 0.25) is 0 Å². The number of hydrogen-bond acceptors (Lipinski definition) is 0. The summed E-state index contributed by atoms with van der Waals surface area (Å²) in [5.74, 6) is 0. The van der Waals surface area contributed by atoms with E-state index in [-0.39, 0.29) is 0 Å². The standard InChI is InChI=1S/C18H38.C12H10/c1-3-5-7-9-11-13-15-17-18-16-14-12-10-8-6-4-2;1-3-7-11(8-4-1)12-9-5-2-6-10-12/h3-18H2,1-2H3;1-10H. The smallest absolute Gasteiger partial charge is 0.0184 e. The summed E-state index contributed by atoms with van der Waals surface area (Å²) in [6.07, 6.45) is 23.4. The Balaban J connectivity index is 0.000000321. The summed E-state index contributed by atoms with van der Waals surface area (Å²) in [5.41, 5.74) is 2.55. The van der Waals surface area contributed by atoms with E-state index in [1.54, 1.807) is 0 Å². The van der Waals surface area contributed by atoms with Gasteiger partial charge >= 0.3 is 0 Å². The molecule has 0 aliphatic rings. The van der Waals surface area contributed by atoms with Gasteiger partial charge in [-0.3, -0.25) is 0 Å². The van der Waals surface area contributed by atoms with E-state index in [0.717, 1.165) is 0 Å². The minimum Gasteiger partial charge on any atom is -0.0654 e. The molecule has 0 atom stereocenters. The van der Waals surface area contributed by atoms with Gasteiger partial charge in [0.1, 0.15) is 0 Å². The predicted octanol–water partition coefficient (Wildman–Crippen LogP) is 10.6. The van der Waals surface area contributed by atoms with Gasteiger partial charge in [-0.05, 0) is 11.1 Å². The fraction of sp³-hybridized carbons (Fsp3) is 0.600. The van der Waals surface area contributed by atoms with Crippen molar-refractivity contribution >= 4 is 0 Å². The van der Waals surface area contributed by atoms with Crippen LogP contribution in [0.15, 0.2) is 60.7 Å². The van der Waals surface area contributed by atoms with E-state index < -0.39 is 0 Å². The van der Waals surface area contributed by atoms with Crippen LogP contribution in [0.3, 0.4) is 0 Å². The molecule has 2 aromatic carbocycles. The van der Waals surface area contributed by atoms with Crippen molar-refractivity contribution < 1.29 is 0 Å². The minimum absolute atomic E-state index is 1.28. The van der Waals surface area contributed by atoms with E-state index in [2.05, 4.69) is 62.4 Å². The van der Waals surface area contributed by atoms with Crippen LogP contribution >= 0.6 is 0 Å². The first-order valence-corrected chi connectivity index (χ1v) is 13.0. The second kappa shape index (κ2) is 20.7. The molecule has 168 valence electrons. The highest BCUT2D eigenvalue weighted by molar-refractivity contribution is 5.62. The second-order valence-corrected chi connectivity index (χ2v) is 8.68. The number of rotatable bonds is 16. The van der Waals surface area contributed by atoms with Gasteiger partial charge in [0, 0.05) is 0 Å². The first kappa shape index (κ1) is 26.5. The lowest BCUT2D eigenvalue weighted by Gasteiger charge is -2.03. The Morgan fingerprint density at radius 2 is 0.567 bits per heavy atom. The molecule has 0 nitrogen and oxygen atoms in total. The maximum atomic E-state index is 2.29. The van der Waals surface area contributed by atoms with Gasteiger partial charge in [0.05, 0.1) is 0 Å². The number of benzene rings is 2. The van der Waals surface area contributed by atoms with Crippen LogP contribution in [0.1, 0.15) is 117 Å². The Labute approximate surface area is 188 Å². The second-order valence-electron chi connectivity index (χ2n) is 8.68. The van der Waals surface area contributed by atoms with Crippen LogP contribution in [0.25, 0.3) is 11.1 Å². The van der Waals surface area contributed by atoms with Crippen molar-refractivity contribution in [3.05, 3.63) is 60.7 Å². The molecule has 0 aliphatic heterocycles. The first-order valence-electron chi connectivity index (χ1n) is 13.0. The zero-order chi connectivity index (χ0) is 21.5. The normalized spacial score (nSPS) is 10.5. The fourth-order valence-electron chi connectivity index (χ4n) is 3.88. The topological polar surface area (TPSA) is 0 Å². The van der Waals surface area contributed by atoms with Gasteiger partial charge in [0.15, 0.2) is 0 Å². The van der Waals surface area contributed by atoms with E-state index in [9.17, 15) is 0 Å². The Bertz CT molecular complexity index is 504. The van der Waals surface area contributed by atoms with Crippen LogP contribution in [0.2, 0.25) is 0 Å². The highest BCUT2D eigenvalue weighted by atomic mass is 14.0. The lowest BCUT2D eigenvalue weighted by molar-refractivity contribution is 0.531. The van der Waals surface area contributed by atoms with Gasteiger partial charge in [-0.2, -0.15) is 0 Å². The molecule has 2 rings (SSSR count). The highest BCUT2D eigenvalue weighted by Gasteiger charge is 1.94. The summed E-state index contributed by atoms with van der Waals surface area (Å²) in [4.78, 5) is 0. The summed E-state index contributed by atoms with van der Waals surface area (Å²) in [6, 6.07) is 20.8. The summed E-state index contributed by atoms with van der Waals surface area (Å²) in [5, 5.41) is 0. The van der Waals surface area contributed by atoms with Gasteiger partial charge < -0.3 is 0 Å². The van der Waals surface area contributed by atoms with E-state index >= 15 is 0 Å². The molecule has 0 heterocycles. The zero-order valence-corrected chi connectivity index (χ0v) is 20.1. The summed E-state index contributed by atoms with van der Waals surface area (Å²) < 4.78 is 0. The molecule has 0 radical (unpaired) electrons. The van der Waals surface area contributed by atoms with E-state index in [0.29, 0.717) is 0 Å². The van der Waals surface area contributed by atoms with Crippen LogP contribution in [0, 0.1) is 0 Å². The van der Waals surface area contributed by atoms with E-state index in [1.165, 1.54) is 114 Å². The molecule has 0 unspecified atom stereocenters. The maximum Gasteiger partial charge on any atom is -0.0184 e. The van der Waals surface area contributed by atoms with Gasteiger partial charge in [-0.25, -0.2) is 0 Å². The fourth-order valence-corrected chi connectivity index (χ4v) is 3.88. The molecule has 0 saturated heterocycles. The lowest BCUT2D eigenvalue weighted by Crippen LogP contribution is -1.83. The van der Waals surface area contributed by atoms with Crippen molar-refractivity contribution in [2.24, 2.45) is 0 Å². The molecule has 0 fully saturated rings. The molecule has 0 amide bonds. The number of hydrogen-bond donors (Lipinski definition) is 0. The zero-order valence-electron chi connectivity index (χ0n) is 20.1. The molecule has 0 heteroatoms. The third kappa shape index (κ3) is 15.3. The molecular weight excluding hydrogens is 360 g/mol. The number of unbranched alkanes of at least 4 members (excludes halogenated alkanes) is 15. The molecule has 0 aliphatic carbocycles. The third-order valence-electron chi connectivity index (χ3n) is 5.84. The molecule has 0 spiro atoms. The lowest BCUT2D eigenvalue weighted by atomic mass is 10.0. The Hall–Kier alpha value is -1.56. The van der Waals surface area contributed by atoms with Crippen molar-refractivity contribution in [2.75, 3.05) is 0 Å². The first-order chi connectivity index (χ1) is 14.9. The Morgan fingerprint density at radius 1 is 0.333 bits per heavy atom. The quantitative estimate of drug-likeness (QED) is 0.242. The summed E-state index contributed by atoms with van der Waals surface area (Å²) in [7, 11) is 0. The summed E-state index contributed by atoms with van der Waals surface area (Å²) >= 11 is 0. The van der Waals surface area contributed by atoms with E-state index in [4.69, 9.17) is 0 Å². The average molecular weight is 409 g/mol. The molecule has 0 saturated carbocycles. The Kier molecular flexibility index (Phi) is 18.3. The molecule has 0 aromatic heterocycles. The summed E-state index contributed by atoms with van der Waals surface area (Å²) in [6.45, 7) is 4.59. The van der Waals surface area contributed by atoms with Crippen LogP contribution in [0.5, 0.6) is 0 Å². The van der Waals surface area contributed by atoms with Crippen LogP contribution in [-0.2, 0) is 0 Å². The predicted molar refractivity (Wildman–Crippen MR) is 137 cm³/mol. The largest absolute Gasteiger partial charge is 0.0654 e. The van der Waals surface area contributed by atoms with Crippen molar-refractivity contribution in [1.29, 1.82) is 0 Å². The van der Waals surface area contributed by atoms with E-state index in [1.807, 2.05) is 12.1 Å². The van der Waals surface area contributed by atoms with Crippen LogP contribution in [-0.4, -0.2) is 0 Å². The van der Waals surface area contributed by atoms with Crippen molar-refractivity contribution in [3.63, 3.8) is 0 Å². The van der Waals surface area contributed by atoms with Gasteiger partial charge in [-0.1, -0.05) is 177 Å².